The monoisotopic (exact) mass is 428 g/mol. The highest BCUT2D eigenvalue weighted by Crippen LogP contribution is 2.41. The van der Waals surface area contributed by atoms with Gasteiger partial charge in [-0.1, -0.05) is 60.7 Å². The SMILES string of the molecule is C[C@]1(COCc2ccccc2)OC(CC(=O)O)[C@@H](CC(=O)O)[C@@H]1OCc1ccccc1. The number of hydrogen-bond acceptors (Lipinski definition) is 5. The molecule has 1 aliphatic heterocycles. The molecule has 4 atom stereocenters. The molecule has 2 aromatic rings. The molecule has 0 aliphatic carbocycles. The molecule has 1 unspecified atom stereocenters. The summed E-state index contributed by atoms with van der Waals surface area (Å²) in [4.78, 5) is 22.9. The van der Waals surface area contributed by atoms with Gasteiger partial charge < -0.3 is 24.4 Å². The van der Waals surface area contributed by atoms with Crippen LogP contribution in [0.15, 0.2) is 60.7 Å². The predicted octanol–water partition coefficient (Wildman–Crippen LogP) is 3.51. The molecule has 0 amide bonds. The Morgan fingerprint density at radius 3 is 2.00 bits per heavy atom. The number of ether oxygens (including phenoxy) is 3. The van der Waals surface area contributed by atoms with E-state index in [0.29, 0.717) is 6.61 Å². The fraction of sp³-hybridized carbons (Fsp3) is 0.417. The summed E-state index contributed by atoms with van der Waals surface area (Å²) in [5.41, 5.74) is 0.949. The summed E-state index contributed by atoms with van der Waals surface area (Å²) in [5.74, 6) is -2.67. The maximum Gasteiger partial charge on any atom is 0.305 e. The first-order valence-corrected chi connectivity index (χ1v) is 10.3. The van der Waals surface area contributed by atoms with E-state index in [1.54, 1.807) is 6.92 Å². The Hall–Kier alpha value is -2.74. The molecule has 3 rings (SSSR count). The average molecular weight is 428 g/mol. The van der Waals surface area contributed by atoms with Gasteiger partial charge in [0.2, 0.25) is 0 Å². The second kappa shape index (κ2) is 10.5. The Kier molecular flexibility index (Phi) is 7.79. The molecule has 1 saturated heterocycles. The smallest absolute Gasteiger partial charge is 0.305 e. The van der Waals surface area contributed by atoms with Crippen molar-refractivity contribution in [3.8, 4) is 0 Å². The molecule has 0 bridgehead atoms. The van der Waals surface area contributed by atoms with Gasteiger partial charge in [0.15, 0.2) is 0 Å². The van der Waals surface area contributed by atoms with Gasteiger partial charge in [-0.3, -0.25) is 9.59 Å². The zero-order valence-electron chi connectivity index (χ0n) is 17.5. The predicted molar refractivity (Wildman–Crippen MR) is 112 cm³/mol. The van der Waals surface area contributed by atoms with Gasteiger partial charge in [0.05, 0.1) is 44.9 Å². The van der Waals surface area contributed by atoms with Crippen molar-refractivity contribution in [3.05, 3.63) is 71.8 Å². The summed E-state index contributed by atoms with van der Waals surface area (Å²) in [6.45, 7) is 2.56. The minimum absolute atomic E-state index is 0.146. The highest BCUT2D eigenvalue weighted by atomic mass is 16.6. The van der Waals surface area contributed by atoms with Gasteiger partial charge in [0.1, 0.15) is 5.60 Å². The Labute approximate surface area is 181 Å². The first-order valence-electron chi connectivity index (χ1n) is 10.3. The fourth-order valence-corrected chi connectivity index (χ4v) is 4.08. The molecular weight excluding hydrogens is 400 g/mol. The molecule has 0 saturated carbocycles. The van der Waals surface area contributed by atoms with E-state index in [1.807, 2.05) is 60.7 Å². The van der Waals surface area contributed by atoms with E-state index in [4.69, 9.17) is 14.2 Å². The van der Waals surface area contributed by atoms with Crippen molar-refractivity contribution in [1.82, 2.24) is 0 Å². The molecular formula is C24H28O7. The molecule has 2 N–H and O–H groups in total. The van der Waals surface area contributed by atoms with Crippen LogP contribution in [0.4, 0.5) is 0 Å². The van der Waals surface area contributed by atoms with E-state index in [0.717, 1.165) is 11.1 Å². The number of carbonyl (C=O) groups is 2. The molecule has 7 nitrogen and oxygen atoms in total. The van der Waals surface area contributed by atoms with Crippen LogP contribution in [0.3, 0.4) is 0 Å². The lowest BCUT2D eigenvalue weighted by Gasteiger charge is -2.32. The second-order valence-corrected chi connectivity index (χ2v) is 8.02. The Morgan fingerprint density at radius 1 is 0.903 bits per heavy atom. The van der Waals surface area contributed by atoms with Crippen LogP contribution in [-0.2, 0) is 37.0 Å². The van der Waals surface area contributed by atoms with Crippen LogP contribution in [0, 0.1) is 5.92 Å². The molecule has 1 aliphatic rings. The largest absolute Gasteiger partial charge is 0.481 e. The van der Waals surface area contributed by atoms with Crippen molar-refractivity contribution in [2.75, 3.05) is 6.61 Å². The lowest BCUT2D eigenvalue weighted by molar-refractivity contribution is -0.149. The number of rotatable bonds is 11. The van der Waals surface area contributed by atoms with Gasteiger partial charge in [-0.05, 0) is 18.1 Å². The normalized spacial score (nSPS) is 25.4. The van der Waals surface area contributed by atoms with E-state index in [-0.39, 0.29) is 26.1 Å². The zero-order valence-corrected chi connectivity index (χ0v) is 17.5. The maximum absolute atomic E-state index is 11.5. The Morgan fingerprint density at radius 2 is 1.45 bits per heavy atom. The summed E-state index contributed by atoms with van der Waals surface area (Å²) >= 11 is 0. The quantitative estimate of drug-likeness (QED) is 0.565. The van der Waals surface area contributed by atoms with Crippen molar-refractivity contribution < 1.29 is 34.0 Å². The summed E-state index contributed by atoms with van der Waals surface area (Å²) in [6, 6.07) is 19.2. The number of aliphatic carboxylic acids is 2. The van der Waals surface area contributed by atoms with Crippen LogP contribution >= 0.6 is 0 Å². The molecule has 7 heteroatoms. The standard InChI is InChI=1S/C24H28O7/c1-24(16-29-14-17-8-4-2-5-9-17)23(30-15-18-10-6-3-7-11-18)19(12-21(25)26)20(31-24)13-22(27)28/h2-11,19-20,23H,12-16H2,1H3,(H,25,26)(H,27,28)/t19-,20?,23+,24-/m1/s1. The van der Waals surface area contributed by atoms with Crippen molar-refractivity contribution in [3.63, 3.8) is 0 Å². The number of carboxylic acids is 2. The van der Waals surface area contributed by atoms with Crippen LogP contribution in [-0.4, -0.2) is 46.6 Å². The van der Waals surface area contributed by atoms with Gasteiger partial charge >= 0.3 is 11.9 Å². The van der Waals surface area contributed by atoms with Crippen molar-refractivity contribution in [2.24, 2.45) is 5.92 Å². The van der Waals surface area contributed by atoms with Crippen molar-refractivity contribution in [2.45, 2.75) is 50.8 Å². The Balaban J connectivity index is 1.77. The van der Waals surface area contributed by atoms with Gasteiger partial charge in [-0.25, -0.2) is 0 Å². The highest BCUT2D eigenvalue weighted by molar-refractivity contribution is 5.69. The molecule has 31 heavy (non-hydrogen) atoms. The highest BCUT2D eigenvalue weighted by Gasteiger charge is 2.54. The van der Waals surface area contributed by atoms with Gasteiger partial charge in [0.25, 0.3) is 0 Å². The van der Waals surface area contributed by atoms with E-state index >= 15 is 0 Å². The van der Waals surface area contributed by atoms with E-state index in [2.05, 4.69) is 0 Å². The van der Waals surface area contributed by atoms with Gasteiger partial charge in [-0.2, -0.15) is 0 Å². The molecule has 166 valence electrons. The van der Waals surface area contributed by atoms with Gasteiger partial charge in [-0.15, -0.1) is 0 Å². The maximum atomic E-state index is 11.5. The Bertz CT molecular complexity index is 855. The van der Waals surface area contributed by atoms with E-state index in [1.165, 1.54) is 0 Å². The minimum atomic E-state index is -1.04. The molecule has 1 heterocycles. The van der Waals surface area contributed by atoms with E-state index in [9.17, 15) is 19.8 Å². The molecule has 0 aromatic heterocycles. The van der Waals surface area contributed by atoms with Crippen LogP contribution in [0.1, 0.15) is 30.9 Å². The third-order valence-electron chi connectivity index (χ3n) is 5.45. The third-order valence-corrected chi connectivity index (χ3v) is 5.45. The lowest BCUT2D eigenvalue weighted by Crippen LogP contribution is -2.44. The first-order chi connectivity index (χ1) is 14.9. The molecule has 1 fully saturated rings. The van der Waals surface area contributed by atoms with Crippen LogP contribution in [0.25, 0.3) is 0 Å². The zero-order chi connectivity index (χ0) is 22.3. The number of carboxylic acid groups (broad SMARTS) is 2. The lowest BCUT2D eigenvalue weighted by atomic mass is 9.86. The van der Waals surface area contributed by atoms with Gasteiger partial charge in [0, 0.05) is 5.92 Å². The molecule has 0 radical (unpaired) electrons. The van der Waals surface area contributed by atoms with Crippen LogP contribution in [0.2, 0.25) is 0 Å². The molecule has 2 aromatic carbocycles. The first kappa shape index (κ1) is 22.9. The summed E-state index contributed by atoms with van der Waals surface area (Å²) in [7, 11) is 0. The van der Waals surface area contributed by atoms with Crippen molar-refractivity contribution in [1.29, 1.82) is 0 Å². The van der Waals surface area contributed by atoms with Crippen LogP contribution in [0.5, 0.6) is 0 Å². The third kappa shape index (κ3) is 6.37. The van der Waals surface area contributed by atoms with Crippen molar-refractivity contribution >= 4 is 11.9 Å². The average Bonchev–Trinajstić information content (AvgIpc) is 2.97. The molecule has 0 spiro atoms. The minimum Gasteiger partial charge on any atom is -0.481 e. The fourth-order valence-electron chi connectivity index (χ4n) is 4.08. The summed E-state index contributed by atoms with van der Waals surface area (Å²) in [6.07, 6.45) is -1.95. The summed E-state index contributed by atoms with van der Waals surface area (Å²) < 4.78 is 18.2. The van der Waals surface area contributed by atoms with E-state index < -0.39 is 35.7 Å². The second-order valence-electron chi connectivity index (χ2n) is 8.02. The number of hydrogen-bond donors (Lipinski definition) is 2. The topological polar surface area (TPSA) is 102 Å². The van der Waals surface area contributed by atoms with Crippen LogP contribution < -0.4 is 0 Å². The number of benzene rings is 2. The summed E-state index contributed by atoms with van der Waals surface area (Å²) in [5, 5.41) is 18.7.